The Kier molecular flexibility index (Phi) is 5.00. The van der Waals surface area contributed by atoms with Crippen LogP contribution in [-0.4, -0.2) is 29.4 Å². The number of amides is 1. The molecule has 0 aliphatic heterocycles. The molecule has 0 aliphatic carbocycles. The van der Waals surface area contributed by atoms with Crippen LogP contribution in [0.5, 0.6) is 17.2 Å². The summed E-state index contributed by atoms with van der Waals surface area (Å²) in [6.45, 7) is 0. The number of phenols is 2. The highest BCUT2D eigenvalue weighted by Gasteiger charge is 2.10. The quantitative estimate of drug-likeness (QED) is 0.574. The van der Waals surface area contributed by atoms with Crippen LogP contribution in [0.15, 0.2) is 46.0 Å². The first-order valence-electron chi connectivity index (χ1n) is 6.21. The molecule has 2 rings (SSSR count). The third-order valence-corrected chi connectivity index (χ3v) is 3.45. The maximum Gasteiger partial charge on any atom is 0.275 e. The van der Waals surface area contributed by atoms with Crippen LogP contribution in [0, 0.1) is 0 Å². The van der Waals surface area contributed by atoms with Gasteiger partial charge in [0.25, 0.3) is 5.91 Å². The van der Waals surface area contributed by atoms with Crippen LogP contribution in [0.4, 0.5) is 0 Å². The van der Waals surface area contributed by atoms with E-state index in [2.05, 4.69) is 26.5 Å². The van der Waals surface area contributed by atoms with Crippen LogP contribution < -0.4 is 10.2 Å². The normalized spacial score (nSPS) is 10.6. The van der Waals surface area contributed by atoms with Gasteiger partial charge in [0.05, 0.1) is 23.4 Å². The molecule has 0 saturated carbocycles. The zero-order valence-electron chi connectivity index (χ0n) is 11.6. The van der Waals surface area contributed by atoms with Gasteiger partial charge in [0.2, 0.25) is 0 Å². The minimum Gasteiger partial charge on any atom is -0.507 e. The average molecular weight is 365 g/mol. The lowest BCUT2D eigenvalue weighted by atomic mass is 10.2. The van der Waals surface area contributed by atoms with Gasteiger partial charge in [0.1, 0.15) is 17.2 Å². The zero-order chi connectivity index (χ0) is 16.1. The van der Waals surface area contributed by atoms with Crippen molar-refractivity contribution in [2.75, 3.05) is 7.11 Å². The molecule has 0 saturated heterocycles. The van der Waals surface area contributed by atoms with Crippen LogP contribution >= 0.6 is 15.9 Å². The molecular weight excluding hydrogens is 352 g/mol. The molecule has 0 unspecified atom stereocenters. The molecule has 1 amide bonds. The molecule has 0 aliphatic rings. The van der Waals surface area contributed by atoms with Gasteiger partial charge in [-0.1, -0.05) is 12.1 Å². The number of nitrogens with zero attached hydrogens (tertiary/aromatic N) is 1. The molecule has 2 aromatic rings. The van der Waals surface area contributed by atoms with E-state index < -0.39 is 5.91 Å². The van der Waals surface area contributed by atoms with Crippen LogP contribution in [0.25, 0.3) is 0 Å². The maximum absolute atomic E-state index is 12.0. The number of halogens is 1. The van der Waals surface area contributed by atoms with E-state index in [4.69, 9.17) is 4.74 Å². The Balaban J connectivity index is 2.12. The summed E-state index contributed by atoms with van der Waals surface area (Å²) in [5.41, 5.74) is 3.03. The molecule has 2 aromatic carbocycles. The van der Waals surface area contributed by atoms with Gasteiger partial charge in [0.15, 0.2) is 0 Å². The van der Waals surface area contributed by atoms with Crippen LogP contribution in [0.2, 0.25) is 0 Å². The third-order valence-electron chi connectivity index (χ3n) is 2.82. The van der Waals surface area contributed by atoms with Crippen molar-refractivity contribution in [2.45, 2.75) is 0 Å². The summed E-state index contributed by atoms with van der Waals surface area (Å²) in [4.78, 5) is 12.0. The monoisotopic (exact) mass is 364 g/mol. The lowest BCUT2D eigenvalue weighted by Crippen LogP contribution is -2.18. The Labute approximate surface area is 135 Å². The van der Waals surface area contributed by atoms with Crippen molar-refractivity contribution in [2.24, 2.45) is 5.10 Å². The summed E-state index contributed by atoms with van der Waals surface area (Å²) in [5, 5.41) is 22.9. The van der Waals surface area contributed by atoms with Gasteiger partial charge in [-0.3, -0.25) is 4.79 Å². The van der Waals surface area contributed by atoms with E-state index in [1.807, 2.05) is 0 Å². The third kappa shape index (κ3) is 3.56. The van der Waals surface area contributed by atoms with Gasteiger partial charge in [-0.2, -0.15) is 5.10 Å². The van der Waals surface area contributed by atoms with E-state index in [9.17, 15) is 15.0 Å². The lowest BCUT2D eigenvalue weighted by Gasteiger charge is -2.06. The van der Waals surface area contributed by atoms with E-state index in [1.165, 1.54) is 25.5 Å². The van der Waals surface area contributed by atoms with E-state index in [0.717, 1.165) is 0 Å². The molecule has 22 heavy (non-hydrogen) atoms. The van der Waals surface area contributed by atoms with Crippen molar-refractivity contribution in [3.63, 3.8) is 0 Å². The Hall–Kier alpha value is -2.54. The largest absolute Gasteiger partial charge is 0.507 e. The molecule has 6 nitrogen and oxygen atoms in total. The Morgan fingerprint density at radius 2 is 2.00 bits per heavy atom. The van der Waals surface area contributed by atoms with Gasteiger partial charge < -0.3 is 14.9 Å². The molecule has 0 atom stereocenters. The second kappa shape index (κ2) is 6.95. The first kappa shape index (κ1) is 15.8. The second-order valence-corrected chi connectivity index (χ2v) is 5.12. The van der Waals surface area contributed by atoms with Gasteiger partial charge >= 0.3 is 0 Å². The number of carbonyl (C=O) groups is 1. The molecular formula is C15H13BrN2O4. The zero-order valence-corrected chi connectivity index (χ0v) is 13.2. The number of aromatic hydroxyl groups is 2. The smallest absolute Gasteiger partial charge is 0.275 e. The number of methoxy groups -OCH3 is 1. The fourth-order valence-electron chi connectivity index (χ4n) is 1.72. The standard InChI is InChI=1S/C15H13BrN2O4/c1-22-14-5-3-2-4-10(14)15(21)18-17-8-9-6-11(16)13(20)7-12(9)19/h2-8,19-20H,1H3,(H,18,21)/b17-8+. The van der Waals surface area contributed by atoms with Crippen molar-refractivity contribution in [3.05, 3.63) is 52.0 Å². The molecule has 0 bridgehead atoms. The number of hydrazone groups is 1. The van der Waals surface area contributed by atoms with E-state index in [1.54, 1.807) is 24.3 Å². The highest BCUT2D eigenvalue weighted by atomic mass is 79.9. The molecule has 0 radical (unpaired) electrons. The number of carbonyl (C=O) groups excluding carboxylic acids is 1. The van der Waals surface area contributed by atoms with E-state index >= 15 is 0 Å². The van der Waals surface area contributed by atoms with Crippen molar-refractivity contribution in [1.29, 1.82) is 0 Å². The molecule has 0 heterocycles. The number of rotatable bonds is 4. The number of hydrogen-bond acceptors (Lipinski definition) is 5. The van der Waals surface area contributed by atoms with E-state index in [0.29, 0.717) is 21.3 Å². The van der Waals surface area contributed by atoms with Crippen LogP contribution in [-0.2, 0) is 0 Å². The molecule has 114 valence electrons. The second-order valence-electron chi connectivity index (χ2n) is 4.26. The summed E-state index contributed by atoms with van der Waals surface area (Å²) in [7, 11) is 1.47. The summed E-state index contributed by atoms with van der Waals surface area (Å²) < 4.78 is 5.50. The van der Waals surface area contributed by atoms with Gasteiger partial charge in [-0.05, 0) is 34.1 Å². The summed E-state index contributed by atoms with van der Waals surface area (Å²) in [5.74, 6) is -0.250. The summed E-state index contributed by atoms with van der Waals surface area (Å²) in [6, 6.07) is 9.39. The average Bonchev–Trinajstić information content (AvgIpc) is 2.52. The number of ether oxygens (including phenoxy) is 1. The van der Waals surface area contributed by atoms with Crippen LogP contribution in [0.1, 0.15) is 15.9 Å². The number of para-hydroxylation sites is 1. The Morgan fingerprint density at radius 3 is 2.73 bits per heavy atom. The fourth-order valence-corrected chi connectivity index (χ4v) is 2.08. The first-order valence-corrected chi connectivity index (χ1v) is 7.00. The van der Waals surface area contributed by atoms with Gasteiger partial charge in [0, 0.05) is 11.6 Å². The van der Waals surface area contributed by atoms with Crippen molar-refractivity contribution < 1.29 is 19.7 Å². The van der Waals surface area contributed by atoms with Gasteiger partial charge in [-0.25, -0.2) is 5.43 Å². The molecule has 3 N–H and O–H groups in total. The SMILES string of the molecule is COc1ccccc1C(=O)N/N=C/c1cc(Br)c(O)cc1O. The number of hydrogen-bond donors (Lipinski definition) is 3. The molecule has 7 heteroatoms. The van der Waals surface area contributed by atoms with Crippen molar-refractivity contribution in [1.82, 2.24) is 5.43 Å². The predicted octanol–water partition coefficient (Wildman–Crippen LogP) is 2.63. The fraction of sp³-hybridized carbons (Fsp3) is 0.0667. The minimum atomic E-state index is -0.439. The first-order chi connectivity index (χ1) is 10.5. The maximum atomic E-state index is 12.0. The predicted molar refractivity (Wildman–Crippen MR) is 85.5 cm³/mol. The Morgan fingerprint density at radius 1 is 1.27 bits per heavy atom. The number of phenolic OH excluding ortho intramolecular Hbond substituents is 2. The van der Waals surface area contributed by atoms with E-state index in [-0.39, 0.29) is 11.5 Å². The van der Waals surface area contributed by atoms with Crippen molar-refractivity contribution in [3.8, 4) is 17.2 Å². The molecule has 0 aromatic heterocycles. The summed E-state index contributed by atoms with van der Waals surface area (Å²) >= 11 is 3.13. The molecule has 0 fully saturated rings. The lowest BCUT2D eigenvalue weighted by molar-refractivity contribution is 0.0952. The van der Waals surface area contributed by atoms with Crippen molar-refractivity contribution >= 4 is 28.1 Å². The van der Waals surface area contributed by atoms with Crippen LogP contribution in [0.3, 0.4) is 0 Å². The highest BCUT2D eigenvalue weighted by molar-refractivity contribution is 9.10. The minimum absolute atomic E-state index is 0.0901. The number of nitrogens with one attached hydrogen (secondary N) is 1. The Bertz CT molecular complexity index is 731. The topological polar surface area (TPSA) is 91.2 Å². The molecule has 0 spiro atoms. The number of benzene rings is 2. The highest BCUT2D eigenvalue weighted by Crippen LogP contribution is 2.30. The van der Waals surface area contributed by atoms with Gasteiger partial charge in [-0.15, -0.1) is 0 Å². The summed E-state index contributed by atoms with van der Waals surface area (Å²) in [6.07, 6.45) is 1.27.